The number of aryl methyl sites for hydroxylation is 1. The van der Waals surface area contributed by atoms with Crippen LogP contribution in [0.15, 0.2) is 35.1 Å². The van der Waals surface area contributed by atoms with Crippen LogP contribution in [0.25, 0.3) is 28.5 Å². The van der Waals surface area contributed by atoms with Crippen molar-refractivity contribution in [2.45, 2.75) is 13.1 Å². The summed E-state index contributed by atoms with van der Waals surface area (Å²) in [7, 11) is 0. The Morgan fingerprint density at radius 1 is 1.12 bits per heavy atom. The topological polar surface area (TPSA) is 82.0 Å². The molecule has 26 heavy (non-hydrogen) atoms. The highest BCUT2D eigenvalue weighted by Crippen LogP contribution is 2.30. The molecule has 0 unspecified atom stereocenters. The molecule has 0 saturated carbocycles. The van der Waals surface area contributed by atoms with Crippen molar-refractivity contribution >= 4 is 5.78 Å². The molecular weight excluding hydrogens is 356 g/mol. The summed E-state index contributed by atoms with van der Waals surface area (Å²) in [5.41, 5.74) is -0.321. The quantitative estimate of drug-likeness (QED) is 0.508. The second kappa shape index (κ2) is 5.58. The van der Waals surface area contributed by atoms with Gasteiger partial charge in [-0.3, -0.25) is 0 Å². The average Bonchev–Trinajstić information content (AvgIpc) is 3.20. The first kappa shape index (κ1) is 16.1. The van der Waals surface area contributed by atoms with E-state index in [0.717, 1.165) is 4.52 Å². The van der Waals surface area contributed by atoms with Gasteiger partial charge in [-0.25, -0.2) is 14.4 Å². The van der Waals surface area contributed by atoms with E-state index in [9.17, 15) is 17.6 Å². The highest BCUT2D eigenvalue weighted by atomic mass is 19.4. The molecule has 0 N–H and O–H groups in total. The monoisotopic (exact) mass is 364 g/mol. The first-order valence-electron chi connectivity index (χ1n) is 7.21. The minimum Gasteiger partial charge on any atom is -0.334 e. The first-order chi connectivity index (χ1) is 12.3. The van der Waals surface area contributed by atoms with E-state index in [1.807, 2.05) is 0 Å². The van der Waals surface area contributed by atoms with Crippen molar-refractivity contribution in [3.8, 4) is 22.7 Å². The molecule has 0 saturated heterocycles. The van der Waals surface area contributed by atoms with Crippen LogP contribution in [0.2, 0.25) is 0 Å². The largest absolute Gasteiger partial charge is 0.435 e. The molecule has 0 radical (unpaired) electrons. The Morgan fingerprint density at radius 2 is 1.92 bits per heavy atom. The van der Waals surface area contributed by atoms with Gasteiger partial charge in [-0.15, -0.1) is 0 Å². The van der Waals surface area contributed by atoms with Crippen molar-refractivity contribution in [1.82, 2.24) is 29.7 Å². The highest BCUT2D eigenvalue weighted by Gasteiger charge is 2.33. The number of alkyl halides is 3. The minimum absolute atomic E-state index is 0.0129. The number of benzene rings is 1. The molecule has 0 atom stereocenters. The van der Waals surface area contributed by atoms with E-state index in [0.29, 0.717) is 23.3 Å². The molecule has 0 bridgehead atoms. The van der Waals surface area contributed by atoms with Gasteiger partial charge in [0.15, 0.2) is 11.5 Å². The smallest absolute Gasteiger partial charge is 0.334 e. The summed E-state index contributed by atoms with van der Waals surface area (Å²) in [6.07, 6.45) is -2.73. The van der Waals surface area contributed by atoms with Crippen LogP contribution >= 0.6 is 0 Å². The molecule has 11 heteroatoms. The van der Waals surface area contributed by atoms with Gasteiger partial charge in [-0.1, -0.05) is 5.16 Å². The van der Waals surface area contributed by atoms with Crippen LogP contribution in [-0.4, -0.2) is 29.7 Å². The Morgan fingerprint density at radius 3 is 2.62 bits per heavy atom. The van der Waals surface area contributed by atoms with E-state index in [4.69, 9.17) is 4.52 Å². The van der Waals surface area contributed by atoms with Gasteiger partial charge in [0.1, 0.15) is 5.82 Å². The number of nitrogens with zero attached hydrogens (tertiary/aromatic N) is 6. The average molecular weight is 364 g/mol. The maximum atomic E-state index is 14.1. The van der Waals surface area contributed by atoms with Crippen molar-refractivity contribution in [2.24, 2.45) is 0 Å². The van der Waals surface area contributed by atoms with Crippen molar-refractivity contribution in [3.05, 3.63) is 47.9 Å². The third kappa shape index (κ3) is 2.66. The lowest BCUT2D eigenvalue weighted by atomic mass is 10.1. The summed E-state index contributed by atoms with van der Waals surface area (Å²) in [5.74, 6) is -0.489. The Hall–Kier alpha value is -3.37. The number of fused-ring (bicyclic) bond motifs is 1. The number of imidazole rings is 1. The predicted octanol–water partition coefficient (Wildman–Crippen LogP) is 3.31. The molecule has 132 valence electrons. The highest BCUT2D eigenvalue weighted by molar-refractivity contribution is 5.69. The normalized spacial score (nSPS) is 12.0. The van der Waals surface area contributed by atoms with Gasteiger partial charge >= 0.3 is 6.18 Å². The van der Waals surface area contributed by atoms with Crippen LogP contribution in [0.5, 0.6) is 0 Å². The van der Waals surface area contributed by atoms with E-state index in [1.165, 1.54) is 24.4 Å². The summed E-state index contributed by atoms with van der Waals surface area (Å²) in [6, 6.07) is 4.04. The Kier molecular flexibility index (Phi) is 3.46. The predicted molar refractivity (Wildman–Crippen MR) is 79.2 cm³/mol. The molecule has 7 nitrogen and oxygen atoms in total. The lowest BCUT2D eigenvalue weighted by molar-refractivity contribution is -0.141. The standard InChI is InChI=1S/C15H8F4N6O/c1-7-22-13(26-24-7)9-4-8(2-3-10(9)16)11-5-20-14-23-12(15(17,18)19)6-21-25(11)14/h2-6H,1H3. The van der Waals surface area contributed by atoms with Gasteiger partial charge < -0.3 is 4.52 Å². The van der Waals surface area contributed by atoms with Crippen LogP contribution in [0.1, 0.15) is 11.5 Å². The Balaban J connectivity index is 1.83. The lowest BCUT2D eigenvalue weighted by Crippen LogP contribution is -2.11. The van der Waals surface area contributed by atoms with Crippen LogP contribution in [0.3, 0.4) is 0 Å². The maximum absolute atomic E-state index is 14.1. The van der Waals surface area contributed by atoms with Gasteiger partial charge in [0.25, 0.3) is 11.7 Å². The van der Waals surface area contributed by atoms with Gasteiger partial charge in [-0.05, 0) is 25.1 Å². The van der Waals surface area contributed by atoms with E-state index < -0.39 is 17.7 Å². The first-order valence-corrected chi connectivity index (χ1v) is 7.21. The Labute approximate surface area is 142 Å². The number of hydrogen-bond donors (Lipinski definition) is 0. The van der Waals surface area contributed by atoms with Crippen LogP contribution in [0, 0.1) is 12.7 Å². The fourth-order valence-electron chi connectivity index (χ4n) is 2.36. The molecule has 0 spiro atoms. The zero-order chi connectivity index (χ0) is 18.5. The van der Waals surface area contributed by atoms with Crippen molar-refractivity contribution < 1.29 is 22.1 Å². The molecule has 0 aliphatic heterocycles. The van der Waals surface area contributed by atoms with Gasteiger partial charge in [0.05, 0.1) is 23.7 Å². The van der Waals surface area contributed by atoms with Crippen LogP contribution in [0.4, 0.5) is 17.6 Å². The van der Waals surface area contributed by atoms with E-state index >= 15 is 0 Å². The third-order valence-electron chi connectivity index (χ3n) is 3.55. The molecule has 0 aliphatic carbocycles. The summed E-state index contributed by atoms with van der Waals surface area (Å²) in [6.45, 7) is 1.59. The van der Waals surface area contributed by atoms with Gasteiger partial charge in [0.2, 0.25) is 0 Å². The third-order valence-corrected chi connectivity index (χ3v) is 3.55. The number of rotatable bonds is 2. The number of halogens is 4. The van der Waals surface area contributed by atoms with Gasteiger partial charge in [0, 0.05) is 5.56 Å². The fourth-order valence-corrected chi connectivity index (χ4v) is 2.36. The maximum Gasteiger partial charge on any atom is 0.435 e. The molecule has 1 aromatic carbocycles. The summed E-state index contributed by atoms with van der Waals surface area (Å²) in [5, 5.41) is 7.35. The van der Waals surface area contributed by atoms with Crippen LogP contribution in [-0.2, 0) is 6.18 Å². The molecule has 4 rings (SSSR count). The Bertz CT molecular complexity index is 1120. The molecule has 0 fully saturated rings. The molecular formula is C15H8F4N6O. The van der Waals surface area contributed by atoms with Crippen LogP contribution < -0.4 is 0 Å². The zero-order valence-corrected chi connectivity index (χ0v) is 13.0. The van der Waals surface area contributed by atoms with E-state index in [1.54, 1.807) is 6.92 Å². The second-order valence-electron chi connectivity index (χ2n) is 5.34. The summed E-state index contributed by atoms with van der Waals surface area (Å²) < 4.78 is 58.4. The SMILES string of the molecule is Cc1noc(-c2cc(-c3cnc4nc(C(F)(F)F)cnn34)ccc2F)n1. The molecule has 4 aromatic rings. The number of aromatic nitrogens is 6. The van der Waals surface area contributed by atoms with E-state index in [2.05, 4.69) is 25.2 Å². The minimum atomic E-state index is -4.63. The lowest BCUT2D eigenvalue weighted by Gasteiger charge is -2.06. The second-order valence-corrected chi connectivity index (χ2v) is 5.34. The van der Waals surface area contributed by atoms with Gasteiger partial charge in [-0.2, -0.15) is 27.8 Å². The fraction of sp³-hybridized carbons (Fsp3) is 0.133. The van der Waals surface area contributed by atoms with Crippen molar-refractivity contribution in [1.29, 1.82) is 0 Å². The summed E-state index contributed by atoms with van der Waals surface area (Å²) in [4.78, 5) is 11.3. The number of hydrogen-bond acceptors (Lipinski definition) is 6. The molecule has 3 aromatic heterocycles. The van der Waals surface area contributed by atoms with E-state index in [-0.39, 0.29) is 17.2 Å². The van der Waals surface area contributed by atoms with Crippen molar-refractivity contribution in [3.63, 3.8) is 0 Å². The molecule has 0 amide bonds. The zero-order valence-electron chi connectivity index (χ0n) is 13.0. The van der Waals surface area contributed by atoms with Crippen molar-refractivity contribution in [2.75, 3.05) is 0 Å². The molecule has 3 heterocycles. The summed E-state index contributed by atoms with van der Waals surface area (Å²) >= 11 is 0. The molecule has 0 aliphatic rings.